The molecule has 1 atom stereocenters. The van der Waals surface area contributed by atoms with Crippen molar-refractivity contribution in [3.05, 3.63) is 0 Å². The van der Waals surface area contributed by atoms with Gasteiger partial charge in [-0.2, -0.15) is 0 Å². The molecule has 1 heterocycles. The maximum Gasteiger partial charge on any atom is 0.0218 e. The van der Waals surface area contributed by atoms with E-state index in [0.717, 1.165) is 23.9 Å². The number of hydrogen-bond acceptors (Lipinski definition) is 2. The second-order valence-corrected chi connectivity index (χ2v) is 5.53. The van der Waals surface area contributed by atoms with Gasteiger partial charge >= 0.3 is 0 Å². The van der Waals surface area contributed by atoms with Crippen LogP contribution in [-0.2, 0) is 0 Å². The number of nitrogens with zero attached hydrogens (tertiary/aromatic N) is 1. The largest absolute Gasteiger partial charge is 0.311 e. The van der Waals surface area contributed by atoms with Gasteiger partial charge in [-0.15, -0.1) is 0 Å². The van der Waals surface area contributed by atoms with Crippen molar-refractivity contribution >= 4 is 0 Å². The van der Waals surface area contributed by atoms with Crippen LogP contribution < -0.4 is 5.32 Å². The molecule has 1 unspecified atom stereocenters. The Morgan fingerprint density at radius 2 is 2.00 bits per heavy atom. The zero-order valence-corrected chi connectivity index (χ0v) is 9.79. The smallest absolute Gasteiger partial charge is 0.0218 e. The molecule has 0 aromatic heterocycles. The summed E-state index contributed by atoms with van der Waals surface area (Å²) in [6.45, 7) is 10.7. The summed E-state index contributed by atoms with van der Waals surface area (Å²) < 4.78 is 0. The molecule has 2 fully saturated rings. The summed E-state index contributed by atoms with van der Waals surface area (Å²) in [6, 6.07) is 1.63. The fraction of sp³-hybridized carbons (Fsp3) is 1.00. The van der Waals surface area contributed by atoms with E-state index in [4.69, 9.17) is 0 Å². The molecule has 1 aliphatic heterocycles. The Morgan fingerprint density at radius 1 is 1.29 bits per heavy atom. The van der Waals surface area contributed by atoms with E-state index in [1.54, 1.807) is 0 Å². The SMILES string of the molecule is CC1CC(N2CCNC(C(C)C)C2)C1. The van der Waals surface area contributed by atoms with Crippen LogP contribution in [-0.4, -0.2) is 36.6 Å². The number of nitrogens with one attached hydrogen (secondary N) is 1. The molecule has 0 radical (unpaired) electrons. The Labute approximate surface area is 88.1 Å². The van der Waals surface area contributed by atoms with E-state index >= 15 is 0 Å². The summed E-state index contributed by atoms with van der Waals surface area (Å²) in [5, 5.41) is 3.62. The van der Waals surface area contributed by atoms with Crippen molar-refractivity contribution < 1.29 is 0 Å². The van der Waals surface area contributed by atoms with Crippen molar-refractivity contribution in [1.82, 2.24) is 10.2 Å². The zero-order valence-electron chi connectivity index (χ0n) is 9.79. The predicted octanol–water partition coefficient (Wildman–Crippen LogP) is 1.71. The lowest BCUT2D eigenvalue weighted by molar-refractivity contribution is 0.0524. The van der Waals surface area contributed by atoms with Gasteiger partial charge in [-0.25, -0.2) is 0 Å². The van der Waals surface area contributed by atoms with Crippen LogP contribution >= 0.6 is 0 Å². The van der Waals surface area contributed by atoms with Crippen LogP contribution in [0, 0.1) is 11.8 Å². The fourth-order valence-corrected chi connectivity index (χ4v) is 2.74. The minimum Gasteiger partial charge on any atom is -0.311 e. The minimum absolute atomic E-state index is 0.722. The molecule has 2 aliphatic rings. The summed E-state index contributed by atoms with van der Waals surface area (Å²) in [5.41, 5.74) is 0. The highest BCUT2D eigenvalue weighted by molar-refractivity contribution is 4.90. The van der Waals surface area contributed by atoms with Crippen molar-refractivity contribution in [1.29, 1.82) is 0 Å². The normalized spacial score (nSPS) is 39.9. The third kappa shape index (κ3) is 2.12. The van der Waals surface area contributed by atoms with Crippen molar-refractivity contribution in [2.45, 2.75) is 45.7 Å². The van der Waals surface area contributed by atoms with Gasteiger partial charge < -0.3 is 5.32 Å². The van der Waals surface area contributed by atoms with Gasteiger partial charge in [-0.3, -0.25) is 4.90 Å². The van der Waals surface area contributed by atoms with Gasteiger partial charge in [0.15, 0.2) is 0 Å². The molecule has 2 heteroatoms. The molecule has 82 valence electrons. The standard InChI is InChI=1S/C12H24N2/c1-9(2)12-8-14(5-4-13-12)11-6-10(3)7-11/h9-13H,4-8H2,1-3H3. The van der Waals surface area contributed by atoms with E-state index < -0.39 is 0 Å². The van der Waals surface area contributed by atoms with Crippen molar-refractivity contribution in [2.75, 3.05) is 19.6 Å². The molecule has 2 rings (SSSR count). The lowest BCUT2D eigenvalue weighted by atomic mass is 9.80. The first-order chi connectivity index (χ1) is 6.66. The van der Waals surface area contributed by atoms with Crippen molar-refractivity contribution in [2.24, 2.45) is 11.8 Å². The highest BCUT2D eigenvalue weighted by atomic mass is 15.2. The number of rotatable bonds is 2. The van der Waals surface area contributed by atoms with Crippen LogP contribution in [0.1, 0.15) is 33.6 Å². The summed E-state index contributed by atoms with van der Waals surface area (Å²) >= 11 is 0. The van der Waals surface area contributed by atoms with Crippen LogP contribution in [0.2, 0.25) is 0 Å². The molecule has 1 saturated carbocycles. The molecular formula is C12H24N2. The molecule has 0 amide bonds. The van der Waals surface area contributed by atoms with Gasteiger partial charge in [-0.1, -0.05) is 20.8 Å². The summed E-state index contributed by atoms with van der Waals surface area (Å²) in [4.78, 5) is 2.71. The quantitative estimate of drug-likeness (QED) is 0.723. The molecule has 0 aromatic carbocycles. The van der Waals surface area contributed by atoms with Crippen LogP contribution in [0.3, 0.4) is 0 Å². The molecule has 0 bridgehead atoms. The monoisotopic (exact) mass is 196 g/mol. The number of hydrogen-bond donors (Lipinski definition) is 1. The summed E-state index contributed by atoms with van der Waals surface area (Å²) in [7, 11) is 0. The fourth-order valence-electron chi connectivity index (χ4n) is 2.74. The van der Waals surface area contributed by atoms with E-state index in [0.29, 0.717) is 0 Å². The predicted molar refractivity (Wildman–Crippen MR) is 60.4 cm³/mol. The third-order valence-electron chi connectivity index (χ3n) is 3.91. The van der Waals surface area contributed by atoms with E-state index in [1.165, 1.54) is 32.5 Å². The van der Waals surface area contributed by atoms with Gasteiger partial charge in [0, 0.05) is 31.7 Å². The second kappa shape index (κ2) is 4.19. The van der Waals surface area contributed by atoms with Crippen LogP contribution in [0.4, 0.5) is 0 Å². The molecule has 0 spiro atoms. The topological polar surface area (TPSA) is 15.3 Å². The van der Waals surface area contributed by atoms with Gasteiger partial charge in [0.05, 0.1) is 0 Å². The number of piperazine rings is 1. The van der Waals surface area contributed by atoms with Crippen molar-refractivity contribution in [3.8, 4) is 0 Å². The van der Waals surface area contributed by atoms with Crippen molar-refractivity contribution in [3.63, 3.8) is 0 Å². The molecule has 0 aromatic rings. The first kappa shape index (κ1) is 10.4. The molecule has 14 heavy (non-hydrogen) atoms. The Balaban J connectivity index is 1.82. The van der Waals surface area contributed by atoms with E-state index in [9.17, 15) is 0 Å². The maximum atomic E-state index is 3.62. The van der Waals surface area contributed by atoms with Gasteiger partial charge in [0.2, 0.25) is 0 Å². The van der Waals surface area contributed by atoms with Crippen LogP contribution in [0.15, 0.2) is 0 Å². The average Bonchev–Trinajstić information content (AvgIpc) is 2.13. The Morgan fingerprint density at radius 3 is 2.57 bits per heavy atom. The maximum absolute atomic E-state index is 3.62. The summed E-state index contributed by atoms with van der Waals surface area (Å²) in [5.74, 6) is 1.75. The van der Waals surface area contributed by atoms with Crippen LogP contribution in [0.25, 0.3) is 0 Å². The highest BCUT2D eigenvalue weighted by Gasteiger charge is 2.33. The Kier molecular flexibility index (Phi) is 3.13. The molecule has 1 N–H and O–H groups in total. The first-order valence-corrected chi connectivity index (χ1v) is 6.14. The summed E-state index contributed by atoms with van der Waals surface area (Å²) in [6.07, 6.45) is 2.87. The van der Waals surface area contributed by atoms with E-state index in [1.807, 2.05) is 0 Å². The Hall–Kier alpha value is -0.0800. The molecule has 1 aliphatic carbocycles. The second-order valence-electron chi connectivity index (χ2n) is 5.53. The highest BCUT2D eigenvalue weighted by Crippen LogP contribution is 2.31. The lowest BCUT2D eigenvalue weighted by Crippen LogP contribution is -2.58. The molecule has 2 nitrogen and oxygen atoms in total. The average molecular weight is 196 g/mol. The van der Waals surface area contributed by atoms with E-state index in [-0.39, 0.29) is 0 Å². The molecule has 1 saturated heterocycles. The van der Waals surface area contributed by atoms with E-state index in [2.05, 4.69) is 31.0 Å². The van der Waals surface area contributed by atoms with Crippen LogP contribution in [0.5, 0.6) is 0 Å². The third-order valence-corrected chi connectivity index (χ3v) is 3.91. The lowest BCUT2D eigenvalue weighted by Gasteiger charge is -2.46. The van der Waals surface area contributed by atoms with Gasteiger partial charge in [0.1, 0.15) is 0 Å². The molecular weight excluding hydrogens is 172 g/mol. The zero-order chi connectivity index (χ0) is 10.1. The first-order valence-electron chi connectivity index (χ1n) is 6.14. The Bertz CT molecular complexity index is 185. The minimum atomic E-state index is 0.722. The van der Waals surface area contributed by atoms with Gasteiger partial charge in [-0.05, 0) is 24.7 Å². The van der Waals surface area contributed by atoms with Gasteiger partial charge in [0.25, 0.3) is 0 Å².